The molecule has 9 heteroatoms. The zero-order valence-corrected chi connectivity index (χ0v) is 17.5. The van der Waals surface area contributed by atoms with Gasteiger partial charge in [0.15, 0.2) is 0 Å². The van der Waals surface area contributed by atoms with Crippen molar-refractivity contribution >= 4 is 21.6 Å². The maximum Gasteiger partial charge on any atom is 0.417 e. The molecular weight excluding hydrogens is 417 g/mol. The standard InChI is InChI=1S/C21H23F3N2O3S/c1-14-7-8-17(13-15(14)2)25-20(27)16-9-11-26(12-10-16)30(28,29)19-6-4-3-5-18(19)21(22,23)24/h3-8,13,16H,9-12H2,1-2H3,(H,25,27). The highest BCUT2D eigenvalue weighted by Gasteiger charge is 2.40. The Balaban J connectivity index is 1.69. The first-order valence-corrected chi connectivity index (χ1v) is 11.0. The molecule has 0 saturated carbocycles. The smallest absolute Gasteiger partial charge is 0.326 e. The minimum atomic E-state index is -4.77. The van der Waals surface area contributed by atoms with E-state index < -0.39 is 32.6 Å². The summed E-state index contributed by atoms with van der Waals surface area (Å²) in [5.41, 5.74) is 1.62. The second-order valence-electron chi connectivity index (χ2n) is 7.46. The number of piperidine rings is 1. The third-order valence-electron chi connectivity index (χ3n) is 5.41. The number of nitrogens with zero attached hydrogens (tertiary/aromatic N) is 1. The minimum Gasteiger partial charge on any atom is -0.326 e. The van der Waals surface area contributed by atoms with Crippen LogP contribution in [0.1, 0.15) is 29.5 Å². The molecule has 0 atom stereocenters. The van der Waals surface area contributed by atoms with Crippen molar-refractivity contribution in [1.82, 2.24) is 4.31 Å². The lowest BCUT2D eigenvalue weighted by Gasteiger charge is -2.31. The van der Waals surface area contributed by atoms with Crippen molar-refractivity contribution in [2.75, 3.05) is 18.4 Å². The van der Waals surface area contributed by atoms with E-state index in [-0.39, 0.29) is 31.8 Å². The number of rotatable bonds is 4. The maximum absolute atomic E-state index is 13.2. The molecule has 0 aliphatic carbocycles. The van der Waals surface area contributed by atoms with Crippen LogP contribution in [-0.4, -0.2) is 31.7 Å². The molecule has 1 aliphatic heterocycles. The van der Waals surface area contributed by atoms with Gasteiger partial charge in [-0.05, 0) is 62.1 Å². The molecule has 1 amide bonds. The fraction of sp³-hybridized carbons (Fsp3) is 0.381. The monoisotopic (exact) mass is 440 g/mol. The summed E-state index contributed by atoms with van der Waals surface area (Å²) in [6.07, 6.45) is -4.29. The van der Waals surface area contributed by atoms with Gasteiger partial charge in [-0.15, -0.1) is 0 Å². The predicted octanol–water partition coefficient (Wildman–Crippen LogP) is 4.36. The van der Waals surface area contributed by atoms with Crippen molar-refractivity contribution in [1.29, 1.82) is 0 Å². The number of anilines is 1. The third-order valence-corrected chi connectivity index (χ3v) is 7.37. The van der Waals surface area contributed by atoms with Crippen LogP contribution in [0.25, 0.3) is 0 Å². The van der Waals surface area contributed by atoms with Crippen LogP contribution in [0.2, 0.25) is 0 Å². The molecule has 162 valence electrons. The minimum absolute atomic E-state index is 0.0143. The molecule has 0 unspecified atom stereocenters. The summed E-state index contributed by atoms with van der Waals surface area (Å²) in [6.45, 7) is 3.88. The van der Waals surface area contributed by atoms with Gasteiger partial charge in [0.25, 0.3) is 0 Å². The number of amides is 1. The molecule has 3 rings (SSSR count). The summed E-state index contributed by atoms with van der Waals surface area (Å²) in [5.74, 6) is -0.623. The number of hydrogen-bond acceptors (Lipinski definition) is 3. The first kappa shape index (κ1) is 22.3. The number of sulfonamides is 1. The van der Waals surface area contributed by atoms with Gasteiger partial charge >= 0.3 is 6.18 Å². The van der Waals surface area contributed by atoms with E-state index in [4.69, 9.17) is 0 Å². The van der Waals surface area contributed by atoms with Gasteiger partial charge in [-0.3, -0.25) is 4.79 Å². The van der Waals surface area contributed by atoms with Crippen LogP contribution in [0.3, 0.4) is 0 Å². The molecule has 2 aromatic rings. The van der Waals surface area contributed by atoms with Crippen LogP contribution in [0, 0.1) is 19.8 Å². The Bertz CT molecular complexity index is 1040. The fourth-order valence-corrected chi connectivity index (χ4v) is 5.17. The lowest BCUT2D eigenvalue weighted by molar-refractivity contribution is -0.139. The Morgan fingerprint density at radius 3 is 2.27 bits per heavy atom. The van der Waals surface area contributed by atoms with Gasteiger partial charge < -0.3 is 5.32 Å². The number of benzene rings is 2. The molecule has 0 bridgehead atoms. The van der Waals surface area contributed by atoms with Crippen molar-refractivity contribution in [3.05, 3.63) is 59.2 Å². The van der Waals surface area contributed by atoms with E-state index in [2.05, 4.69) is 5.32 Å². The predicted molar refractivity (Wildman–Crippen MR) is 107 cm³/mol. The molecule has 0 spiro atoms. The van der Waals surface area contributed by atoms with E-state index in [1.807, 2.05) is 26.0 Å². The summed E-state index contributed by atoms with van der Waals surface area (Å²) >= 11 is 0. The summed E-state index contributed by atoms with van der Waals surface area (Å²) in [7, 11) is -4.31. The number of carbonyl (C=O) groups excluding carboxylic acids is 1. The van der Waals surface area contributed by atoms with E-state index in [1.54, 1.807) is 6.07 Å². The van der Waals surface area contributed by atoms with Crippen molar-refractivity contribution in [2.45, 2.75) is 37.8 Å². The van der Waals surface area contributed by atoms with Crippen LogP contribution in [0.5, 0.6) is 0 Å². The van der Waals surface area contributed by atoms with Crippen molar-refractivity contribution in [3.8, 4) is 0 Å². The van der Waals surface area contributed by atoms with Gasteiger partial charge in [0.1, 0.15) is 0 Å². The molecule has 1 heterocycles. The molecule has 1 fully saturated rings. The maximum atomic E-state index is 13.2. The van der Waals surface area contributed by atoms with Crippen LogP contribution >= 0.6 is 0 Å². The van der Waals surface area contributed by atoms with Gasteiger partial charge in [-0.25, -0.2) is 8.42 Å². The lowest BCUT2D eigenvalue weighted by atomic mass is 9.97. The molecule has 0 radical (unpaired) electrons. The summed E-state index contributed by atoms with van der Waals surface area (Å²) in [6, 6.07) is 9.72. The second kappa shape index (κ2) is 8.39. The number of carbonyl (C=O) groups is 1. The largest absolute Gasteiger partial charge is 0.417 e. The highest BCUT2D eigenvalue weighted by molar-refractivity contribution is 7.89. The van der Waals surface area contributed by atoms with Crippen LogP contribution in [0.15, 0.2) is 47.4 Å². The highest BCUT2D eigenvalue weighted by Crippen LogP contribution is 2.36. The van der Waals surface area contributed by atoms with E-state index in [0.717, 1.165) is 33.6 Å². The van der Waals surface area contributed by atoms with Crippen LogP contribution in [-0.2, 0) is 21.0 Å². The van der Waals surface area contributed by atoms with Crippen LogP contribution in [0.4, 0.5) is 18.9 Å². The molecule has 0 aromatic heterocycles. The molecular formula is C21H23F3N2O3S. The zero-order chi connectivity index (χ0) is 22.1. The Morgan fingerprint density at radius 2 is 1.67 bits per heavy atom. The van der Waals surface area contributed by atoms with Gasteiger partial charge in [0.05, 0.1) is 10.5 Å². The number of aryl methyl sites for hydroxylation is 2. The van der Waals surface area contributed by atoms with Gasteiger partial charge in [-0.1, -0.05) is 18.2 Å². The summed E-state index contributed by atoms with van der Waals surface area (Å²) in [4.78, 5) is 11.8. The second-order valence-corrected chi connectivity index (χ2v) is 9.37. The molecule has 1 aliphatic rings. The lowest BCUT2D eigenvalue weighted by Crippen LogP contribution is -2.41. The molecule has 5 nitrogen and oxygen atoms in total. The van der Waals surface area contributed by atoms with Crippen molar-refractivity contribution in [3.63, 3.8) is 0 Å². The first-order valence-electron chi connectivity index (χ1n) is 9.54. The van der Waals surface area contributed by atoms with Crippen molar-refractivity contribution < 1.29 is 26.4 Å². The normalized spacial score (nSPS) is 16.4. The highest BCUT2D eigenvalue weighted by atomic mass is 32.2. The number of nitrogens with one attached hydrogen (secondary N) is 1. The zero-order valence-electron chi connectivity index (χ0n) is 16.7. The van der Waals surface area contributed by atoms with Crippen molar-refractivity contribution in [2.24, 2.45) is 5.92 Å². The Hall–Kier alpha value is -2.39. The third kappa shape index (κ3) is 4.67. The Kier molecular flexibility index (Phi) is 6.24. The Labute approximate surface area is 173 Å². The molecule has 30 heavy (non-hydrogen) atoms. The average Bonchev–Trinajstić information content (AvgIpc) is 2.70. The fourth-order valence-electron chi connectivity index (χ4n) is 3.49. The SMILES string of the molecule is Cc1ccc(NC(=O)C2CCN(S(=O)(=O)c3ccccc3C(F)(F)F)CC2)cc1C. The van der Waals surface area contributed by atoms with E-state index in [0.29, 0.717) is 5.69 Å². The number of alkyl halides is 3. The molecule has 2 aromatic carbocycles. The van der Waals surface area contributed by atoms with Gasteiger partial charge in [-0.2, -0.15) is 17.5 Å². The topological polar surface area (TPSA) is 66.5 Å². The summed E-state index contributed by atoms with van der Waals surface area (Å²) in [5, 5.41) is 2.84. The number of hydrogen-bond donors (Lipinski definition) is 1. The van der Waals surface area contributed by atoms with E-state index in [1.165, 1.54) is 6.07 Å². The molecule has 1 saturated heterocycles. The van der Waals surface area contributed by atoms with E-state index in [9.17, 15) is 26.4 Å². The average molecular weight is 440 g/mol. The molecule has 1 N–H and O–H groups in total. The first-order chi connectivity index (χ1) is 14.0. The number of halogens is 3. The Morgan fingerprint density at radius 1 is 1.03 bits per heavy atom. The quantitative estimate of drug-likeness (QED) is 0.768. The van der Waals surface area contributed by atoms with Gasteiger partial charge in [0.2, 0.25) is 15.9 Å². The van der Waals surface area contributed by atoms with Crippen LogP contribution < -0.4 is 5.32 Å². The van der Waals surface area contributed by atoms with E-state index >= 15 is 0 Å². The van der Waals surface area contributed by atoms with Gasteiger partial charge in [0, 0.05) is 24.7 Å². The summed E-state index contributed by atoms with van der Waals surface area (Å²) < 4.78 is 66.4.